The molecular formula is C24H26N4O2S. The van der Waals surface area contributed by atoms with E-state index < -0.39 is 0 Å². The van der Waals surface area contributed by atoms with Gasteiger partial charge in [-0.05, 0) is 49.4 Å². The summed E-state index contributed by atoms with van der Waals surface area (Å²) in [5.74, 6) is 0.609. The molecule has 0 saturated heterocycles. The van der Waals surface area contributed by atoms with Gasteiger partial charge in [0.1, 0.15) is 5.82 Å². The summed E-state index contributed by atoms with van der Waals surface area (Å²) in [5, 5.41) is 11.1. The maximum atomic E-state index is 13.4. The van der Waals surface area contributed by atoms with Crippen molar-refractivity contribution < 1.29 is 4.79 Å². The normalized spacial score (nSPS) is 20.3. The number of aromatic nitrogens is 2. The molecule has 2 unspecified atom stereocenters. The fourth-order valence-corrected chi connectivity index (χ4v) is 5.78. The van der Waals surface area contributed by atoms with Crippen LogP contribution in [0.25, 0.3) is 0 Å². The van der Waals surface area contributed by atoms with Crippen LogP contribution in [0.2, 0.25) is 0 Å². The van der Waals surface area contributed by atoms with Crippen LogP contribution in [0.4, 0.5) is 11.5 Å². The van der Waals surface area contributed by atoms with E-state index in [9.17, 15) is 9.59 Å². The number of fused-ring (bicyclic) bond motifs is 1. The van der Waals surface area contributed by atoms with Gasteiger partial charge in [-0.25, -0.2) is 0 Å². The molecule has 1 aliphatic heterocycles. The lowest BCUT2D eigenvalue weighted by Gasteiger charge is -2.34. The van der Waals surface area contributed by atoms with Crippen LogP contribution < -0.4 is 15.8 Å². The van der Waals surface area contributed by atoms with Crippen molar-refractivity contribution in [2.45, 2.75) is 38.5 Å². The number of hydrogen-bond acceptors (Lipinski definition) is 5. The molecule has 2 atom stereocenters. The highest BCUT2D eigenvalue weighted by Gasteiger charge is 2.40. The summed E-state index contributed by atoms with van der Waals surface area (Å²) >= 11 is 1.70. The minimum atomic E-state index is -0.358. The topological polar surface area (TPSA) is 81.0 Å². The van der Waals surface area contributed by atoms with Crippen molar-refractivity contribution >= 4 is 28.6 Å². The van der Waals surface area contributed by atoms with Crippen LogP contribution in [0.3, 0.4) is 0 Å². The second-order valence-electron chi connectivity index (χ2n) is 8.13. The number of ketones is 1. The Labute approximate surface area is 185 Å². The molecule has 0 radical (unpaired) electrons. The summed E-state index contributed by atoms with van der Waals surface area (Å²) in [5.41, 5.74) is 4.19. The molecule has 2 aliphatic rings. The molecule has 0 saturated carbocycles. The summed E-state index contributed by atoms with van der Waals surface area (Å²) in [6, 6.07) is 12.4. The average molecular weight is 435 g/mol. The predicted octanol–water partition coefficient (Wildman–Crippen LogP) is 4.57. The van der Waals surface area contributed by atoms with E-state index in [1.165, 1.54) is 4.88 Å². The van der Waals surface area contributed by atoms with Gasteiger partial charge >= 0.3 is 0 Å². The van der Waals surface area contributed by atoms with Crippen LogP contribution in [-0.4, -0.2) is 29.1 Å². The molecule has 0 bridgehead atoms. The summed E-state index contributed by atoms with van der Waals surface area (Å²) in [6.07, 6.45) is 1.25. The Morgan fingerprint density at radius 1 is 1.03 bits per heavy atom. The maximum absolute atomic E-state index is 13.4. The van der Waals surface area contributed by atoms with E-state index in [0.717, 1.165) is 42.0 Å². The number of allylic oxidation sites excluding steroid dienone is 2. The largest absolute Gasteiger partial charge is 0.372 e. The average Bonchev–Trinajstić information content (AvgIpc) is 3.44. The molecule has 2 aromatic heterocycles. The zero-order valence-corrected chi connectivity index (χ0v) is 18.5. The predicted molar refractivity (Wildman–Crippen MR) is 125 cm³/mol. The van der Waals surface area contributed by atoms with Crippen LogP contribution in [0.15, 0.2) is 57.8 Å². The summed E-state index contributed by atoms with van der Waals surface area (Å²) < 4.78 is 0. The van der Waals surface area contributed by atoms with E-state index in [4.69, 9.17) is 0 Å². The smallest absolute Gasteiger partial charge is 0.270 e. The van der Waals surface area contributed by atoms with Crippen LogP contribution in [0, 0.1) is 0 Å². The Morgan fingerprint density at radius 3 is 2.48 bits per heavy atom. The number of nitrogens with one attached hydrogen (secondary N) is 3. The quantitative estimate of drug-likeness (QED) is 0.550. The van der Waals surface area contributed by atoms with E-state index in [-0.39, 0.29) is 23.2 Å². The van der Waals surface area contributed by atoms with E-state index in [0.29, 0.717) is 17.8 Å². The number of anilines is 2. The molecule has 1 aromatic carbocycles. The van der Waals surface area contributed by atoms with Gasteiger partial charge in [-0.3, -0.25) is 19.8 Å². The first-order valence-corrected chi connectivity index (χ1v) is 11.7. The third kappa shape index (κ3) is 3.33. The number of aromatic amines is 2. The highest BCUT2D eigenvalue weighted by molar-refractivity contribution is 7.10. The zero-order chi connectivity index (χ0) is 21.5. The van der Waals surface area contributed by atoms with Gasteiger partial charge in [0.25, 0.3) is 5.56 Å². The Balaban J connectivity index is 1.58. The van der Waals surface area contributed by atoms with Crippen molar-refractivity contribution in [3.63, 3.8) is 0 Å². The van der Waals surface area contributed by atoms with Crippen molar-refractivity contribution in [2.75, 3.05) is 23.3 Å². The van der Waals surface area contributed by atoms with Gasteiger partial charge in [-0.15, -0.1) is 11.3 Å². The fourth-order valence-electron chi connectivity index (χ4n) is 4.95. The van der Waals surface area contributed by atoms with Gasteiger partial charge in [0.05, 0.1) is 5.56 Å². The first-order chi connectivity index (χ1) is 15.1. The van der Waals surface area contributed by atoms with Gasteiger partial charge in [0.2, 0.25) is 0 Å². The summed E-state index contributed by atoms with van der Waals surface area (Å²) in [6.45, 7) is 6.14. The Bertz CT molecular complexity index is 1180. The number of H-pyrrole nitrogens is 2. The monoisotopic (exact) mass is 434 g/mol. The molecule has 7 heteroatoms. The van der Waals surface area contributed by atoms with Gasteiger partial charge < -0.3 is 10.2 Å². The Kier molecular flexibility index (Phi) is 5.06. The molecule has 3 heterocycles. The maximum Gasteiger partial charge on any atom is 0.270 e. The molecule has 0 fully saturated rings. The van der Waals surface area contributed by atoms with Crippen LogP contribution >= 0.6 is 11.3 Å². The first kappa shape index (κ1) is 19.9. The van der Waals surface area contributed by atoms with E-state index in [1.807, 2.05) is 6.07 Å². The molecular weight excluding hydrogens is 408 g/mol. The number of carbonyl (C=O) groups is 1. The third-order valence-corrected chi connectivity index (χ3v) is 7.51. The summed E-state index contributed by atoms with van der Waals surface area (Å²) in [7, 11) is 0. The number of hydrogen-bond donors (Lipinski definition) is 3. The van der Waals surface area contributed by atoms with Gasteiger partial charge in [0, 0.05) is 53.2 Å². The molecule has 31 heavy (non-hydrogen) atoms. The Hall–Kier alpha value is -3.06. The lowest BCUT2D eigenvalue weighted by atomic mass is 9.74. The molecule has 0 spiro atoms. The van der Waals surface area contributed by atoms with Gasteiger partial charge in [-0.1, -0.05) is 18.2 Å². The van der Waals surface area contributed by atoms with E-state index in [1.54, 1.807) is 11.3 Å². The lowest BCUT2D eigenvalue weighted by Crippen LogP contribution is -2.31. The fraction of sp³-hybridized carbons (Fsp3) is 0.333. The van der Waals surface area contributed by atoms with Crippen LogP contribution in [-0.2, 0) is 4.79 Å². The number of benzene rings is 1. The standard InChI is InChI=1S/C24H26N4O2S/c1-3-28(4-2)16-9-7-14(8-10-16)20-21-17(25-23-22(20)24(30)27-26-23)12-15(13-18(21)29)19-6-5-11-31-19/h5-11,15,20H,3-4,12-13H2,1-2H3,(H3,25,26,27,30). The molecule has 3 aromatic rings. The van der Waals surface area contributed by atoms with Crippen molar-refractivity contribution in [2.24, 2.45) is 0 Å². The highest BCUT2D eigenvalue weighted by Crippen LogP contribution is 2.47. The lowest BCUT2D eigenvalue weighted by molar-refractivity contribution is -0.116. The molecule has 3 N–H and O–H groups in total. The molecule has 6 nitrogen and oxygen atoms in total. The number of nitrogens with zero attached hydrogens (tertiary/aromatic N) is 1. The number of rotatable bonds is 5. The molecule has 160 valence electrons. The van der Waals surface area contributed by atoms with Gasteiger partial charge in [0.15, 0.2) is 5.78 Å². The van der Waals surface area contributed by atoms with E-state index >= 15 is 0 Å². The number of Topliss-reactive ketones (excluding diaryl/α,β-unsaturated/α-hetero) is 1. The minimum Gasteiger partial charge on any atom is -0.372 e. The van der Waals surface area contributed by atoms with Crippen molar-refractivity contribution in [1.29, 1.82) is 0 Å². The summed E-state index contributed by atoms with van der Waals surface area (Å²) in [4.78, 5) is 29.6. The van der Waals surface area contributed by atoms with Gasteiger partial charge in [-0.2, -0.15) is 0 Å². The Morgan fingerprint density at radius 2 is 1.81 bits per heavy atom. The third-order valence-electron chi connectivity index (χ3n) is 6.48. The second-order valence-corrected chi connectivity index (χ2v) is 9.10. The minimum absolute atomic E-state index is 0.121. The van der Waals surface area contributed by atoms with E-state index in [2.05, 4.69) is 70.0 Å². The van der Waals surface area contributed by atoms with Crippen LogP contribution in [0.5, 0.6) is 0 Å². The van der Waals surface area contributed by atoms with Crippen molar-refractivity contribution in [3.05, 3.63) is 79.4 Å². The van der Waals surface area contributed by atoms with Crippen molar-refractivity contribution in [3.8, 4) is 0 Å². The van der Waals surface area contributed by atoms with Crippen molar-refractivity contribution in [1.82, 2.24) is 10.2 Å². The van der Waals surface area contributed by atoms with Crippen LogP contribution in [0.1, 0.15) is 54.5 Å². The second kappa shape index (κ2) is 7.89. The molecule has 5 rings (SSSR count). The zero-order valence-electron chi connectivity index (χ0n) is 17.7. The number of carbonyl (C=O) groups excluding carboxylic acids is 1. The molecule has 0 amide bonds. The SMILES string of the molecule is CCN(CC)c1ccc(C2C3=C(CC(c4cccs4)CC3=O)Nc3[nH][nH]c(=O)c32)cc1. The molecule has 1 aliphatic carbocycles. The highest BCUT2D eigenvalue weighted by atomic mass is 32.1. The first-order valence-electron chi connectivity index (χ1n) is 10.8. The number of thiophene rings is 1.